The quantitative estimate of drug-likeness (QED) is 0.248. The Morgan fingerprint density at radius 1 is 0.703 bits per heavy atom. The number of hydrogen-bond acceptors (Lipinski definition) is 4. The van der Waals surface area contributed by atoms with Crippen molar-refractivity contribution in [1.82, 2.24) is 24.7 Å². The van der Waals surface area contributed by atoms with Crippen LogP contribution >= 0.6 is 0 Å². The van der Waals surface area contributed by atoms with Crippen molar-refractivity contribution in [1.29, 1.82) is 0 Å². The van der Waals surface area contributed by atoms with E-state index in [2.05, 4.69) is 20.2 Å². The molecule has 2 aromatic carbocycles. The number of alkyl halides is 6. The normalized spacial score (nSPS) is 12.3. The van der Waals surface area contributed by atoms with E-state index in [9.17, 15) is 30.7 Å². The topological polar surface area (TPSA) is 56.5 Å². The molecular weight excluding hydrogens is 503 g/mol. The fraction of sp³-hybridized carbons (Fsp3) is 0.120. The van der Waals surface area contributed by atoms with E-state index < -0.39 is 34.9 Å². The van der Waals surface area contributed by atoms with E-state index in [0.29, 0.717) is 34.4 Å². The molecule has 2 aliphatic heterocycles. The van der Waals surface area contributed by atoms with Gasteiger partial charge in [-0.2, -0.15) is 36.5 Å². The van der Waals surface area contributed by atoms with Gasteiger partial charge < -0.3 is 4.57 Å². The molecule has 0 amide bonds. The highest BCUT2D eigenvalue weighted by atomic mass is 19.4. The van der Waals surface area contributed by atoms with Gasteiger partial charge in [0.1, 0.15) is 11.5 Å². The summed E-state index contributed by atoms with van der Waals surface area (Å²) in [6.07, 6.45) is -6.81. The van der Waals surface area contributed by atoms with E-state index in [1.165, 1.54) is 24.5 Å². The Morgan fingerprint density at radius 3 is 2.16 bits per heavy atom. The third-order valence-corrected chi connectivity index (χ3v) is 5.55. The van der Waals surface area contributed by atoms with Crippen LogP contribution in [-0.4, -0.2) is 24.7 Å². The Morgan fingerprint density at radius 2 is 1.49 bits per heavy atom. The maximum atomic E-state index is 14.1. The fourth-order valence-corrected chi connectivity index (χ4v) is 3.79. The van der Waals surface area contributed by atoms with Crippen LogP contribution in [0.3, 0.4) is 0 Å². The molecule has 3 aromatic rings. The van der Waals surface area contributed by atoms with Crippen LogP contribution in [0.4, 0.5) is 30.7 Å². The van der Waals surface area contributed by atoms with E-state index in [0.717, 1.165) is 6.07 Å². The van der Waals surface area contributed by atoms with Crippen molar-refractivity contribution >= 4 is 0 Å². The zero-order valence-electron chi connectivity index (χ0n) is 18.5. The maximum absolute atomic E-state index is 14.1. The maximum Gasteiger partial charge on any atom is 0.417 e. The van der Waals surface area contributed by atoms with Crippen molar-refractivity contribution < 1.29 is 30.7 Å². The lowest BCUT2D eigenvalue weighted by Gasteiger charge is -2.15. The summed E-state index contributed by atoms with van der Waals surface area (Å²) in [5.74, 6) is -0.421. The first-order valence-corrected chi connectivity index (χ1v) is 10.7. The van der Waals surface area contributed by atoms with Crippen LogP contribution in [0.5, 0.6) is 0 Å². The zero-order chi connectivity index (χ0) is 26.4. The van der Waals surface area contributed by atoms with Gasteiger partial charge in [-0.1, -0.05) is 18.2 Å². The van der Waals surface area contributed by atoms with Gasteiger partial charge in [0.2, 0.25) is 0 Å². The van der Waals surface area contributed by atoms with Crippen LogP contribution in [-0.2, 0) is 18.9 Å². The summed E-state index contributed by atoms with van der Waals surface area (Å²) in [4.78, 5) is 8.71. The molecule has 0 saturated heterocycles. The molecule has 37 heavy (non-hydrogen) atoms. The minimum atomic E-state index is -5.03. The number of hydrogen-bond donors (Lipinski definition) is 0. The average molecular weight is 517 g/mol. The van der Waals surface area contributed by atoms with Gasteiger partial charge in [0, 0.05) is 17.3 Å². The summed E-state index contributed by atoms with van der Waals surface area (Å²) in [6.45, 7) is 0.136. The van der Waals surface area contributed by atoms with Gasteiger partial charge in [-0.05, 0) is 42.5 Å². The molecule has 0 aliphatic carbocycles. The monoisotopic (exact) mass is 517 g/mol. The van der Waals surface area contributed by atoms with Crippen molar-refractivity contribution in [3.05, 3.63) is 95.8 Å². The average Bonchev–Trinajstić information content (AvgIpc) is 3.26. The standard InChI is InChI=1S/C25H14F7N5/c26-19-4-2-1-3-17(19)21-10-22-23(34-21)12-37(13-33-22)11-15-6-8-20(36-35-15)16-7-5-14(24(27,28)29)9-18(16)25(30,31)32/h1-10,12-13H,11H2. The number of nitrogens with zero attached hydrogens (tertiary/aromatic N) is 5. The molecule has 0 spiro atoms. The predicted octanol–water partition coefficient (Wildman–Crippen LogP) is 6.73. The molecule has 0 atom stereocenters. The number of benzene rings is 2. The summed E-state index contributed by atoms with van der Waals surface area (Å²) in [6, 6.07) is 11.9. The van der Waals surface area contributed by atoms with Crippen LogP contribution in [0.15, 0.2) is 73.2 Å². The molecule has 5 rings (SSSR count). The smallest absolute Gasteiger partial charge is 0.331 e. The SMILES string of the molecule is Fc1ccccc1-c1cc2ncn(Cc3ccc(-c4ccc(C(F)(F)F)cc4C(F)(F)F)nn3)cc-2n1. The molecule has 0 saturated carbocycles. The first kappa shape index (κ1) is 24.3. The van der Waals surface area contributed by atoms with Crippen molar-refractivity contribution in [2.75, 3.05) is 0 Å². The Hall–Kier alpha value is -4.35. The predicted molar refractivity (Wildman–Crippen MR) is 119 cm³/mol. The minimum absolute atomic E-state index is 0.0596. The molecule has 2 aliphatic rings. The molecule has 188 valence electrons. The Labute approximate surface area is 204 Å². The first-order valence-electron chi connectivity index (χ1n) is 10.7. The van der Waals surface area contributed by atoms with Crippen molar-refractivity contribution in [3.63, 3.8) is 0 Å². The Bertz CT molecular complexity index is 1540. The highest BCUT2D eigenvalue weighted by Crippen LogP contribution is 2.40. The molecule has 0 fully saturated rings. The highest BCUT2D eigenvalue weighted by Gasteiger charge is 2.38. The second-order valence-electron chi connectivity index (χ2n) is 8.10. The second kappa shape index (κ2) is 8.95. The summed E-state index contributed by atoms with van der Waals surface area (Å²) >= 11 is 0. The van der Waals surface area contributed by atoms with Crippen LogP contribution in [0, 0.1) is 5.82 Å². The van der Waals surface area contributed by atoms with Gasteiger partial charge in [-0.3, -0.25) is 0 Å². The molecule has 0 unspecified atom stereocenters. The lowest BCUT2D eigenvalue weighted by molar-refractivity contribution is -0.142. The van der Waals surface area contributed by atoms with Crippen molar-refractivity contribution in [2.24, 2.45) is 0 Å². The van der Waals surface area contributed by atoms with Crippen LogP contribution in [0.2, 0.25) is 0 Å². The fourth-order valence-electron chi connectivity index (χ4n) is 3.79. The van der Waals surface area contributed by atoms with Crippen molar-refractivity contribution in [3.8, 4) is 33.9 Å². The highest BCUT2D eigenvalue weighted by molar-refractivity contribution is 5.71. The molecule has 3 heterocycles. The zero-order valence-corrected chi connectivity index (χ0v) is 18.5. The molecule has 1 aromatic heterocycles. The molecule has 5 nitrogen and oxygen atoms in total. The molecular formula is C25H14F7N5. The largest absolute Gasteiger partial charge is 0.417 e. The van der Waals surface area contributed by atoms with Gasteiger partial charge in [-0.25, -0.2) is 14.4 Å². The van der Waals surface area contributed by atoms with Crippen LogP contribution < -0.4 is 0 Å². The van der Waals surface area contributed by atoms with Crippen LogP contribution in [0.1, 0.15) is 16.8 Å². The molecule has 0 bridgehead atoms. The number of halogens is 7. The molecule has 12 heteroatoms. The van der Waals surface area contributed by atoms with E-state index >= 15 is 0 Å². The third-order valence-electron chi connectivity index (χ3n) is 5.55. The van der Waals surface area contributed by atoms with E-state index in [-0.39, 0.29) is 18.3 Å². The summed E-state index contributed by atoms with van der Waals surface area (Å²) in [7, 11) is 0. The summed E-state index contributed by atoms with van der Waals surface area (Å²) in [5, 5.41) is 7.74. The lowest BCUT2D eigenvalue weighted by atomic mass is 10.00. The van der Waals surface area contributed by atoms with Gasteiger partial charge in [0.05, 0.1) is 46.8 Å². The Balaban J connectivity index is 1.41. The van der Waals surface area contributed by atoms with Gasteiger partial charge in [-0.15, -0.1) is 0 Å². The first-order chi connectivity index (χ1) is 17.5. The van der Waals surface area contributed by atoms with Crippen LogP contribution in [0.25, 0.3) is 33.9 Å². The number of fused-ring (bicyclic) bond motifs is 1. The van der Waals surface area contributed by atoms with E-state index in [1.54, 1.807) is 35.0 Å². The summed E-state index contributed by atoms with van der Waals surface area (Å²) in [5.41, 5.74) is -1.48. The van der Waals surface area contributed by atoms with E-state index in [4.69, 9.17) is 0 Å². The van der Waals surface area contributed by atoms with E-state index in [1.807, 2.05) is 0 Å². The second-order valence-corrected chi connectivity index (χ2v) is 8.10. The molecule has 0 N–H and O–H groups in total. The van der Waals surface area contributed by atoms with Gasteiger partial charge in [0.25, 0.3) is 0 Å². The van der Waals surface area contributed by atoms with Gasteiger partial charge in [0.15, 0.2) is 0 Å². The molecule has 0 radical (unpaired) electrons. The minimum Gasteiger partial charge on any atom is -0.331 e. The third kappa shape index (κ3) is 4.99. The number of rotatable bonds is 4. The van der Waals surface area contributed by atoms with Gasteiger partial charge >= 0.3 is 12.4 Å². The Kier molecular flexibility index (Phi) is 5.89. The summed E-state index contributed by atoms with van der Waals surface area (Å²) < 4.78 is 94.9. The van der Waals surface area contributed by atoms with Crippen molar-refractivity contribution in [2.45, 2.75) is 18.9 Å². The number of aromatic nitrogens is 5. The lowest BCUT2D eigenvalue weighted by Crippen LogP contribution is -2.12.